The van der Waals surface area contributed by atoms with Crippen LogP contribution in [0.5, 0.6) is 0 Å². The van der Waals surface area contributed by atoms with Gasteiger partial charge in [-0.25, -0.2) is 0 Å². The van der Waals surface area contributed by atoms with Gasteiger partial charge < -0.3 is 4.90 Å². The van der Waals surface area contributed by atoms with Crippen molar-refractivity contribution in [2.45, 2.75) is 32.7 Å². The molecule has 0 spiro atoms. The third-order valence-corrected chi connectivity index (χ3v) is 4.05. The first-order valence-electron chi connectivity index (χ1n) is 8.28. The fourth-order valence-electron chi connectivity index (χ4n) is 2.71. The van der Waals surface area contributed by atoms with Crippen molar-refractivity contribution in [3.8, 4) is 0 Å². The molecule has 0 bridgehead atoms. The van der Waals surface area contributed by atoms with Crippen molar-refractivity contribution in [1.29, 1.82) is 0 Å². The molecule has 1 atom stereocenters. The Morgan fingerprint density at radius 3 is 2.26 bits per heavy atom. The first-order valence-corrected chi connectivity index (χ1v) is 8.28. The van der Waals surface area contributed by atoms with Gasteiger partial charge in [0.25, 0.3) is 0 Å². The van der Waals surface area contributed by atoms with E-state index in [2.05, 4.69) is 43.3 Å². The number of rotatable bonds is 7. The summed E-state index contributed by atoms with van der Waals surface area (Å²) in [6, 6.07) is 20.5. The van der Waals surface area contributed by atoms with Gasteiger partial charge in [0.2, 0.25) is 5.91 Å². The van der Waals surface area contributed by atoms with Crippen LogP contribution in [0.3, 0.4) is 0 Å². The molecule has 1 unspecified atom stereocenters. The summed E-state index contributed by atoms with van der Waals surface area (Å²) >= 11 is 0. The molecule has 1 amide bonds. The van der Waals surface area contributed by atoms with Gasteiger partial charge in [-0.1, -0.05) is 72.8 Å². The molecule has 120 valence electrons. The van der Waals surface area contributed by atoms with Crippen molar-refractivity contribution in [3.05, 3.63) is 77.9 Å². The first kappa shape index (κ1) is 17.0. The Balaban J connectivity index is 1.89. The lowest BCUT2D eigenvalue weighted by Crippen LogP contribution is -2.33. The van der Waals surface area contributed by atoms with Crippen LogP contribution in [0.25, 0.3) is 6.08 Å². The maximum absolute atomic E-state index is 12.5. The highest BCUT2D eigenvalue weighted by Crippen LogP contribution is 2.20. The molecule has 0 radical (unpaired) electrons. The number of amides is 1. The maximum Gasteiger partial charge on any atom is 0.223 e. The molecular formula is C21H25NO. The van der Waals surface area contributed by atoms with Gasteiger partial charge in [-0.05, 0) is 31.4 Å². The number of carbonyl (C=O) groups is 1. The SMILES string of the molecule is CCN(C(=O)CC/C=C/c1ccccc1)C(C)c1ccccc1. The molecule has 2 nitrogen and oxygen atoms in total. The smallest absolute Gasteiger partial charge is 0.223 e. The van der Waals surface area contributed by atoms with Gasteiger partial charge in [0, 0.05) is 13.0 Å². The molecule has 2 rings (SSSR count). The van der Waals surface area contributed by atoms with Crippen molar-refractivity contribution in [1.82, 2.24) is 4.90 Å². The highest BCUT2D eigenvalue weighted by atomic mass is 16.2. The quantitative estimate of drug-likeness (QED) is 0.697. The van der Waals surface area contributed by atoms with Gasteiger partial charge in [0.1, 0.15) is 0 Å². The van der Waals surface area contributed by atoms with Crippen LogP contribution in [0, 0.1) is 0 Å². The number of hydrogen-bond acceptors (Lipinski definition) is 1. The highest BCUT2D eigenvalue weighted by molar-refractivity contribution is 5.77. The van der Waals surface area contributed by atoms with Crippen molar-refractivity contribution < 1.29 is 4.79 Å². The van der Waals surface area contributed by atoms with E-state index in [1.54, 1.807) is 0 Å². The molecule has 0 aliphatic heterocycles. The van der Waals surface area contributed by atoms with Crippen LogP contribution in [-0.4, -0.2) is 17.4 Å². The zero-order valence-electron chi connectivity index (χ0n) is 14.0. The van der Waals surface area contributed by atoms with Crippen molar-refractivity contribution in [3.63, 3.8) is 0 Å². The van der Waals surface area contributed by atoms with Crippen LogP contribution < -0.4 is 0 Å². The molecule has 2 aromatic rings. The highest BCUT2D eigenvalue weighted by Gasteiger charge is 2.18. The molecule has 0 aliphatic rings. The number of benzene rings is 2. The van der Waals surface area contributed by atoms with Crippen LogP contribution in [-0.2, 0) is 4.79 Å². The Bertz CT molecular complexity index is 619. The number of carbonyl (C=O) groups excluding carboxylic acids is 1. The lowest BCUT2D eigenvalue weighted by molar-refractivity contribution is -0.133. The molecule has 0 fully saturated rings. The van der Waals surface area contributed by atoms with E-state index in [-0.39, 0.29) is 11.9 Å². The molecule has 2 aromatic carbocycles. The fourth-order valence-corrected chi connectivity index (χ4v) is 2.71. The molecule has 2 heteroatoms. The number of nitrogens with zero attached hydrogens (tertiary/aromatic N) is 1. The average molecular weight is 307 g/mol. The Morgan fingerprint density at radius 2 is 1.65 bits per heavy atom. The number of allylic oxidation sites excluding steroid dienone is 1. The van der Waals surface area contributed by atoms with Gasteiger partial charge in [-0.2, -0.15) is 0 Å². The van der Waals surface area contributed by atoms with E-state index in [0.29, 0.717) is 6.42 Å². The molecule has 0 saturated heterocycles. The van der Waals surface area contributed by atoms with Crippen molar-refractivity contribution in [2.24, 2.45) is 0 Å². The van der Waals surface area contributed by atoms with Gasteiger partial charge >= 0.3 is 0 Å². The van der Waals surface area contributed by atoms with Crippen LogP contribution in [0.1, 0.15) is 43.9 Å². The van der Waals surface area contributed by atoms with Crippen LogP contribution in [0.2, 0.25) is 0 Å². The molecular weight excluding hydrogens is 282 g/mol. The summed E-state index contributed by atoms with van der Waals surface area (Å²) in [5.41, 5.74) is 2.35. The Kier molecular flexibility index (Phi) is 6.61. The van der Waals surface area contributed by atoms with E-state index in [1.165, 1.54) is 11.1 Å². The normalized spacial score (nSPS) is 12.3. The van der Waals surface area contributed by atoms with E-state index >= 15 is 0 Å². The monoisotopic (exact) mass is 307 g/mol. The van der Waals surface area contributed by atoms with Crippen molar-refractivity contribution >= 4 is 12.0 Å². The summed E-state index contributed by atoms with van der Waals surface area (Å²) in [6.07, 6.45) is 5.47. The largest absolute Gasteiger partial charge is 0.336 e. The lowest BCUT2D eigenvalue weighted by atomic mass is 10.1. The topological polar surface area (TPSA) is 20.3 Å². The third kappa shape index (κ3) is 5.10. The Hall–Kier alpha value is -2.35. The average Bonchev–Trinajstić information content (AvgIpc) is 2.61. The van der Waals surface area contributed by atoms with E-state index < -0.39 is 0 Å². The van der Waals surface area contributed by atoms with E-state index in [9.17, 15) is 4.79 Å². The first-order chi connectivity index (χ1) is 11.2. The minimum Gasteiger partial charge on any atom is -0.336 e. The Morgan fingerprint density at radius 1 is 1.04 bits per heavy atom. The molecule has 0 N–H and O–H groups in total. The zero-order chi connectivity index (χ0) is 16.5. The van der Waals surface area contributed by atoms with Gasteiger partial charge in [-0.15, -0.1) is 0 Å². The van der Waals surface area contributed by atoms with E-state index in [1.807, 2.05) is 48.2 Å². The van der Waals surface area contributed by atoms with Gasteiger partial charge in [0.05, 0.1) is 6.04 Å². The van der Waals surface area contributed by atoms with Gasteiger partial charge in [0.15, 0.2) is 0 Å². The van der Waals surface area contributed by atoms with Crippen molar-refractivity contribution in [2.75, 3.05) is 6.54 Å². The summed E-state index contributed by atoms with van der Waals surface area (Å²) in [7, 11) is 0. The van der Waals surface area contributed by atoms with Crippen LogP contribution in [0.15, 0.2) is 66.7 Å². The van der Waals surface area contributed by atoms with Crippen LogP contribution in [0.4, 0.5) is 0 Å². The van der Waals surface area contributed by atoms with Gasteiger partial charge in [-0.3, -0.25) is 4.79 Å². The lowest BCUT2D eigenvalue weighted by Gasteiger charge is -2.28. The maximum atomic E-state index is 12.5. The predicted octanol–water partition coefficient (Wildman–Crippen LogP) is 5.09. The predicted molar refractivity (Wildman–Crippen MR) is 97.0 cm³/mol. The molecule has 0 heterocycles. The standard InChI is InChI=1S/C21H25NO/c1-3-22(18(2)20-15-8-5-9-16-20)21(23)17-11-10-14-19-12-6-4-7-13-19/h4-10,12-16,18H,3,11,17H2,1-2H3/b14-10+. The Labute approximate surface area is 139 Å². The zero-order valence-corrected chi connectivity index (χ0v) is 14.0. The second-order valence-electron chi connectivity index (χ2n) is 5.62. The summed E-state index contributed by atoms with van der Waals surface area (Å²) < 4.78 is 0. The summed E-state index contributed by atoms with van der Waals surface area (Å²) in [4.78, 5) is 14.4. The van der Waals surface area contributed by atoms with Crippen LogP contribution >= 0.6 is 0 Å². The van der Waals surface area contributed by atoms with E-state index in [0.717, 1.165) is 13.0 Å². The molecule has 0 aliphatic carbocycles. The summed E-state index contributed by atoms with van der Waals surface area (Å²) in [5.74, 6) is 0.210. The molecule has 0 aromatic heterocycles. The van der Waals surface area contributed by atoms with E-state index in [4.69, 9.17) is 0 Å². The summed E-state index contributed by atoms with van der Waals surface area (Å²) in [5, 5.41) is 0. The fraction of sp³-hybridized carbons (Fsp3) is 0.286. The second kappa shape index (κ2) is 8.94. The second-order valence-corrected chi connectivity index (χ2v) is 5.62. The molecule has 23 heavy (non-hydrogen) atoms. The summed E-state index contributed by atoms with van der Waals surface area (Å²) in [6.45, 7) is 4.87. The number of hydrogen-bond donors (Lipinski definition) is 0. The minimum atomic E-state index is 0.117. The minimum absolute atomic E-state index is 0.117. The molecule has 0 saturated carbocycles. The third-order valence-electron chi connectivity index (χ3n) is 4.05.